The number of thiophene rings is 1. The Hall–Kier alpha value is -2.20. The summed E-state index contributed by atoms with van der Waals surface area (Å²) in [6.45, 7) is 0. The lowest BCUT2D eigenvalue weighted by molar-refractivity contribution is -0.129. The maximum Gasteiger partial charge on any atom is 0.363 e. The number of hydrogen-bond donors (Lipinski definition) is 0. The zero-order valence-electron chi connectivity index (χ0n) is 17.7. The van der Waals surface area contributed by atoms with E-state index in [1.165, 1.54) is 35.6 Å². The van der Waals surface area contributed by atoms with E-state index in [4.69, 9.17) is 44.3 Å². The van der Waals surface area contributed by atoms with E-state index >= 15 is 0 Å². The molecule has 0 unspecified atom stereocenters. The van der Waals surface area contributed by atoms with Crippen molar-refractivity contribution in [1.82, 2.24) is 0 Å². The van der Waals surface area contributed by atoms with Gasteiger partial charge in [0.1, 0.15) is 10.6 Å². The van der Waals surface area contributed by atoms with E-state index in [0.717, 1.165) is 14.6 Å². The Balaban J connectivity index is 1.50. The van der Waals surface area contributed by atoms with Gasteiger partial charge in [0.05, 0.1) is 15.6 Å². The predicted octanol–water partition coefficient (Wildman–Crippen LogP) is 8.95. The van der Waals surface area contributed by atoms with Gasteiger partial charge in [0.25, 0.3) is 0 Å². The molecule has 0 radical (unpaired) electrons. The molecule has 0 fully saturated rings. The quantitative estimate of drug-likeness (QED) is 0.122. The van der Waals surface area contributed by atoms with Gasteiger partial charge in [-0.3, -0.25) is 0 Å². The van der Waals surface area contributed by atoms with E-state index in [0.29, 0.717) is 25.0 Å². The van der Waals surface area contributed by atoms with Crippen molar-refractivity contribution in [3.05, 3.63) is 100 Å². The minimum absolute atomic E-state index is 0.0274. The van der Waals surface area contributed by atoms with Gasteiger partial charge < -0.3 is 9.47 Å². The summed E-state index contributed by atoms with van der Waals surface area (Å²) >= 11 is 26.8. The smallest absolute Gasteiger partial charge is 0.363 e. The first-order chi connectivity index (χ1) is 17.2. The second-order valence-corrected chi connectivity index (χ2v) is 11.5. The van der Waals surface area contributed by atoms with Crippen LogP contribution in [0.15, 0.2) is 74.2 Å². The first-order valence-electron chi connectivity index (χ1n) is 10.1. The van der Waals surface area contributed by atoms with Crippen molar-refractivity contribution in [2.45, 2.75) is 0 Å². The predicted molar refractivity (Wildman–Crippen MR) is 151 cm³/mol. The van der Waals surface area contributed by atoms with Gasteiger partial charge in [-0.25, -0.2) is 14.6 Å². The highest BCUT2D eigenvalue weighted by atomic mass is 79.9. The van der Waals surface area contributed by atoms with Crippen molar-refractivity contribution in [3.63, 3.8) is 0 Å². The third-order valence-corrected chi connectivity index (χ3v) is 8.20. The van der Waals surface area contributed by atoms with Crippen LogP contribution in [-0.2, 0) is 9.53 Å². The van der Waals surface area contributed by atoms with Crippen LogP contribution in [0.3, 0.4) is 0 Å². The number of esters is 2. The normalized spacial score (nSPS) is 14.3. The maximum absolute atomic E-state index is 12.8. The second kappa shape index (κ2) is 10.3. The molecule has 1 aromatic heterocycles. The van der Waals surface area contributed by atoms with Crippen molar-refractivity contribution in [2.24, 2.45) is 4.99 Å². The largest absolute Gasteiger partial charge is 0.422 e. The van der Waals surface area contributed by atoms with Crippen LogP contribution in [0, 0.1) is 0 Å². The summed E-state index contributed by atoms with van der Waals surface area (Å²) in [5.74, 6) is -1.03. The maximum atomic E-state index is 12.8. The number of aliphatic imine (C=N–C) groups is 1. The Morgan fingerprint density at radius 3 is 2.53 bits per heavy atom. The molecular formula is C25H10Br2Cl3NO4S. The number of nitrogens with zero attached hydrogens (tertiary/aromatic N) is 1. The summed E-state index contributed by atoms with van der Waals surface area (Å²) in [7, 11) is 0. The number of halogens is 5. The molecule has 0 saturated carbocycles. The lowest BCUT2D eigenvalue weighted by Crippen LogP contribution is -2.10. The number of ether oxygens (including phenoxy) is 2. The Bertz CT molecular complexity index is 1650. The highest BCUT2D eigenvalue weighted by Crippen LogP contribution is 2.39. The summed E-state index contributed by atoms with van der Waals surface area (Å²) in [6, 6.07) is 15.1. The minimum Gasteiger partial charge on any atom is -0.422 e. The van der Waals surface area contributed by atoms with Gasteiger partial charge in [0.15, 0.2) is 5.70 Å². The van der Waals surface area contributed by atoms with Gasteiger partial charge in [-0.15, -0.1) is 11.3 Å². The van der Waals surface area contributed by atoms with Crippen LogP contribution < -0.4 is 4.74 Å². The Morgan fingerprint density at radius 2 is 1.75 bits per heavy atom. The molecule has 0 amide bonds. The van der Waals surface area contributed by atoms with E-state index in [1.54, 1.807) is 18.2 Å². The fraction of sp³-hybridized carbons (Fsp3) is 0. The molecule has 4 aromatic rings. The molecule has 11 heteroatoms. The zero-order valence-corrected chi connectivity index (χ0v) is 23.9. The van der Waals surface area contributed by atoms with Crippen LogP contribution in [0.2, 0.25) is 15.1 Å². The first-order valence-corrected chi connectivity index (χ1v) is 13.6. The average molecular weight is 687 g/mol. The number of rotatable bonds is 4. The molecule has 5 rings (SSSR count). The summed E-state index contributed by atoms with van der Waals surface area (Å²) in [6.07, 6.45) is 1.48. The lowest BCUT2D eigenvalue weighted by Gasteiger charge is -2.09. The monoisotopic (exact) mass is 683 g/mol. The summed E-state index contributed by atoms with van der Waals surface area (Å²) in [4.78, 5) is 30.3. The average Bonchev–Trinajstić information content (AvgIpc) is 3.34. The topological polar surface area (TPSA) is 65.0 Å². The molecule has 36 heavy (non-hydrogen) atoms. The molecule has 0 N–H and O–H groups in total. The van der Waals surface area contributed by atoms with E-state index in [1.807, 2.05) is 18.2 Å². The van der Waals surface area contributed by atoms with Gasteiger partial charge in [-0.1, -0.05) is 72.7 Å². The molecule has 0 spiro atoms. The summed E-state index contributed by atoms with van der Waals surface area (Å²) < 4.78 is 13.5. The van der Waals surface area contributed by atoms with Crippen LogP contribution in [-0.4, -0.2) is 17.8 Å². The number of hydrogen-bond acceptors (Lipinski definition) is 6. The number of fused-ring (bicyclic) bond motifs is 1. The van der Waals surface area contributed by atoms with Crippen molar-refractivity contribution < 1.29 is 19.1 Å². The first kappa shape index (κ1) is 25.4. The number of carbonyl (C=O) groups excluding carboxylic acids is 2. The molecule has 180 valence electrons. The van der Waals surface area contributed by atoms with Crippen LogP contribution in [0.4, 0.5) is 0 Å². The van der Waals surface area contributed by atoms with Crippen molar-refractivity contribution in [2.75, 3.05) is 0 Å². The minimum atomic E-state index is -0.681. The molecule has 0 aliphatic carbocycles. The van der Waals surface area contributed by atoms with E-state index < -0.39 is 11.9 Å². The molecule has 0 atom stereocenters. The molecule has 5 nitrogen and oxygen atoms in total. The molecule has 0 bridgehead atoms. The number of cyclic esters (lactones) is 1. The van der Waals surface area contributed by atoms with Crippen molar-refractivity contribution in [1.29, 1.82) is 0 Å². The van der Waals surface area contributed by atoms with Gasteiger partial charge in [-0.05, 0) is 54.6 Å². The standard InChI is InChI=1S/C25H10Br2Cl3NO4S/c26-12-2-6-19(34-24(32)15-5-3-14(28)10-17(15)29)11(7-12)8-18-25(33)35-23(31-18)22-21(30)16-4-1-13(27)9-20(16)36-22/h1-10H/b18-8+. The third-order valence-electron chi connectivity index (χ3n) is 5.02. The molecule has 1 aliphatic heterocycles. The summed E-state index contributed by atoms with van der Waals surface area (Å²) in [5, 5.41) is 1.83. The highest BCUT2D eigenvalue weighted by Gasteiger charge is 2.28. The second-order valence-electron chi connectivity index (χ2n) is 7.42. The van der Waals surface area contributed by atoms with E-state index in [2.05, 4.69) is 36.9 Å². The lowest BCUT2D eigenvalue weighted by atomic mass is 10.1. The van der Waals surface area contributed by atoms with Crippen LogP contribution in [0.1, 0.15) is 20.8 Å². The van der Waals surface area contributed by atoms with E-state index in [9.17, 15) is 9.59 Å². The SMILES string of the molecule is O=C1OC(c2sc3cc(Br)ccc3c2Cl)=N/C1=C/c1cc(Br)ccc1OC(=O)c1ccc(Cl)cc1Cl. The Kier molecular flexibility index (Phi) is 7.27. The Morgan fingerprint density at radius 1 is 1.00 bits per heavy atom. The van der Waals surface area contributed by atoms with Gasteiger partial charge >= 0.3 is 11.9 Å². The van der Waals surface area contributed by atoms with Gasteiger partial charge in [0.2, 0.25) is 5.90 Å². The molecular weight excluding hydrogens is 677 g/mol. The van der Waals surface area contributed by atoms with Crippen molar-refractivity contribution >= 4 is 112 Å². The third kappa shape index (κ3) is 5.11. The summed E-state index contributed by atoms with van der Waals surface area (Å²) in [5.41, 5.74) is 0.597. The Labute approximate surface area is 240 Å². The molecule has 3 aromatic carbocycles. The van der Waals surface area contributed by atoms with E-state index in [-0.39, 0.29) is 27.9 Å². The van der Waals surface area contributed by atoms with Gasteiger partial charge in [0, 0.05) is 29.6 Å². The van der Waals surface area contributed by atoms with Crippen LogP contribution in [0.25, 0.3) is 16.2 Å². The van der Waals surface area contributed by atoms with Gasteiger partial charge in [-0.2, -0.15) is 0 Å². The molecule has 2 heterocycles. The molecule has 1 aliphatic rings. The fourth-order valence-electron chi connectivity index (χ4n) is 3.37. The van der Waals surface area contributed by atoms with Crippen LogP contribution >= 0.6 is 78.0 Å². The number of carbonyl (C=O) groups is 2. The zero-order chi connectivity index (χ0) is 25.6. The molecule has 0 saturated heterocycles. The highest BCUT2D eigenvalue weighted by molar-refractivity contribution is 9.10. The van der Waals surface area contributed by atoms with Crippen molar-refractivity contribution in [3.8, 4) is 5.75 Å². The number of benzene rings is 3. The fourth-order valence-corrected chi connectivity index (χ4v) is 6.22. The van der Waals surface area contributed by atoms with Crippen LogP contribution in [0.5, 0.6) is 5.75 Å².